The van der Waals surface area contributed by atoms with Gasteiger partial charge in [-0.15, -0.1) is 0 Å². The second-order valence-electron chi connectivity index (χ2n) is 9.90. The highest BCUT2D eigenvalue weighted by atomic mass is 14.8. The number of aromatic amines is 1. The number of nitrogens with one attached hydrogen (secondary N) is 1. The molecule has 5 aromatic carbocycles. The van der Waals surface area contributed by atoms with Gasteiger partial charge >= 0.3 is 0 Å². The Morgan fingerprint density at radius 3 is 2.08 bits per heavy atom. The van der Waals surface area contributed by atoms with Gasteiger partial charge in [0.25, 0.3) is 0 Å². The molecule has 1 aliphatic carbocycles. The Morgan fingerprint density at radius 1 is 0.500 bits per heavy atom. The first-order chi connectivity index (χ1) is 17.8. The Balaban J connectivity index is 1.44. The van der Waals surface area contributed by atoms with E-state index < -0.39 is 0 Å². The smallest absolute Gasteiger partial charge is 0.0972 e. The summed E-state index contributed by atoms with van der Waals surface area (Å²) < 4.78 is 0. The highest BCUT2D eigenvalue weighted by molar-refractivity contribution is 6.29. The van der Waals surface area contributed by atoms with Crippen LogP contribution < -0.4 is 0 Å². The van der Waals surface area contributed by atoms with Gasteiger partial charge in [0.1, 0.15) is 0 Å². The van der Waals surface area contributed by atoms with Crippen molar-refractivity contribution in [3.8, 4) is 11.1 Å². The van der Waals surface area contributed by atoms with Crippen molar-refractivity contribution in [1.82, 2.24) is 15.0 Å². The molecule has 0 atom stereocenters. The summed E-state index contributed by atoms with van der Waals surface area (Å²) >= 11 is 0. The van der Waals surface area contributed by atoms with Gasteiger partial charge < -0.3 is 4.98 Å². The minimum absolute atomic E-state index is 0.928. The van der Waals surface area contributed by atoms with E-state index in [0.717, 1.165) is 33.9 Å². The molecule has 0 bridgehead atoms. The first-order valence-corrected chi connectivity index (χ1v) is 12.4. The number of hydrogen-bond acceptors (Lipinski definition) is 2. The average molecular weight is 458 g/mol. The topological polar surface area (TPSA) is 41.6 Å². The van der Waals surface area contributed by atoms with E-state index in [2.05, 4.69) is 96.1 Å². The summed E-state index contributed by atoms with van der Waals surface area (Å²) in [4.78, 5) is 13.6. The van der Waals surface area contributed by atoms with Gasteiger partial charge in [0.2, 0.25) is 0 Å². The SMILES string of the molecule is c1ccc2c3c(ccc2c1)Cc1cnc2c(ccc4c2ncc2[nH]c5ccc6ccccc6c5c24)c1-3. The molecule has 1 N–H and O–H groups in total. The molecule has 0 saturated carbocycles. The van der Waals surface area contributed by atoms with Crippen molar-refractivity contribution < 1.29 is 0 Å². The summed E-state index contributed by atoms with van der Waals surface area (Å²) in [6.07, 6.45) is 4.98. The third-order valence-electron chi connectivity index (χ3n) is 8.05. The molecule has 0 spiro atoms. The minimum Gasteiger partial charge on any atom is -0.353 e. The molecule has 0 amide bonds. The van der Waals surface area contributed by atoms with Gasteiger partial charge in [0.05, 0.1) is 22.7 Å². The second kappa shape index (κ2) is 6.46. The first-order valence-electron chi connectivity index (χ1n) is 12.4. The van der Waals surface area contributed by atoms with Crippen molar-refractivity contribution in [2.24, 2.45) is 0 Å². The maximum absolute atomic E-state index is 5.00. The van der Waals surface area contributed by atoms with E-state index >= 15 is 0 Å². The van der Waals surface area contributed by atoms with Gasteiger partial charge in [-0.2, -0.15) is 0 Å². The Morgan fingerprint density at radius 2 is 1.17 bits per heavy atom. The maximum Gasteiger partial charge on any atom is 0.0972 e. The molecule has 9 rings (SSSR count). The number of hydrogen-bond donors (Lipinski definition) is 1. The summed E-state index contributed by atoms with van der Waals surface area (Å²) in [5.74, 6) is 0. The van der Waals surface area contributed by atoms with Crippen LogP contribution >= 0.6 is 0 Å². The molecular weight excluding hydrogens is 438 g/mol. The van der Waals surface area contributed by atoms with E-state index in [9.17, 15) is 0 Å². The van der Waals surface area contributed by atoms with Crippen LogP contribution in [0.15, 0.2) is 97.3 Å². The fourth-order valence-electron chi connectivity index (χ4n) is 6.51. The molecular formula is C33H19N3. The lowest BCUT2D eigenvalue weighted by atomic mass is 9.94. The number of aromatic nitrogens is 3. The zero-order chi connectivity index (χ0) is 23.4. The zero-order valence-electron chi connectivity index (χ0n) is 19.3. The Labute approximate surface area is 206 Å². The predicted octanol–water partition coefficient (Wildman–Crippen LogP) is 8.30. The summed E-state index contributed by atoms with van der Waals surface area (Å²) in [7, 11) is 0. The van der Waals surface area contributed by atoms with Crippen molar-refractivity contribution in [1.29, 1.82) is 0 Å². The highest BCUT2D eigenvalue weighted by Crippen LogP contribution is 2.46. The normalized spacial score (nSPS) is 12.9. The lowest BCUT2D eigenvalue weighted by Gasteiger charge is -2.11. The fourth-order valence-corrected chi connectivity index (χ4v) is 6.51. The number of benzene rings is 5. The summed E-state index contributed by atoms with van der Waals surface area (Å²) in [6.45, 7) is 0. The van der Waals surface area contributed by atoms with Gasteiger partial charge in [-0.25, -0.2) is 0 Å². The Bertz CT molecular complexity index is 2240. The van der Waals surface area contributed by atoms with E-state index in [1.165, 1.54) is 60.0 Å². The number of nitrogens with zero attached hydrogens (tertiary/aromatic N) is 2. The summed E-state index contributed by atoms with van der Waals surface area (Å²) in [6, 6.07) is 30.7. The Kier molecular flexibility index (Phi) is 3.33. The van der Waals surface area contributed by atoms with Crippen molar-refractivity contribution in [2.45, 2.75) is 6.42 Å². The quantitative estimate of drug-likeness (QED) is 0.233. The maximum atomic E-state index is 5.00. The predicted molar refractivity (Wildman–Crippen MR) is 150 cm³/mol. The highest BCUT2D eigenvalue weighted by Gasteiger charge is 2.25. The summed E-state index contributed by atoms with van der Waals surface area (Å²) in [5, 5.41) is 9.91. The molecule has 166 valence electrons. The molecule has 8 aromatic rings. The molecule has 3 nitrogen and oxygen atoms in total. The molecule has 3 heteroatoms. The standard InChI is InChI=1S/C33H19N3/c1-3-7-22-18(5-1)9-10-20-15-21-16-34-32-24(29(21)28(20)22)12-13-25-31-27(17-35-33(25)32)36-26-14-11-19-6-2-4-8-23(19)30(26)31/h1-14,16-17,36H,15H2. The van der Waals surface area contributed by atoms with Crippen molar-refractivity contribution in [3.05, 3.63) is 108 Å². The van der Waals surface area contributed by atoms with Gasteiger partial charge in [0, 0.05) is 39.7 Å². The summed E-state index contributed by atoms with van der Waals surface area (Å²) in [5.41, 5.74) is 9.49. The largest absolute Gasteiger partial charge is 0.353 e. The van der Waals surface area contributed by atoms with Crippen molar-refractivity contribution in [2.75, 3.05) is 0 Å². The van der Waals surface area contributed by atoms with Crippen LogP contribution in [0.2, 0.25) is 0 Å². The van der Waals surface area contributed by atoms with Crippen LogP contribution in [0.4, 0.5) is 0 Å². The van der Waals surface area contributed by atoms with Crippen LogP contribution in [0, 0.1) is 0 Å². The molecule has 0 fully saturated rings. The van der Waals surface area contributed by atoms with Crippen molar-refractivity contribution in [3.63, 3.8) is 0 Å². The number of fused-ring (bicyclic) bond motifs is 15. The van der Waals surface area contributed by atoms with Gasteiger partial charge in [-0.1, -0.05) is 78.9 Å². The third kappa shape index (κ3) is 2.23. The lowest BCUT2D eigenvalue weighted by Crippen LogP contribution is -1.91. The number of rotatable bonds is 0. The van der Waals surface area contributed by atoms with Gasteiger partial charge in [-0.3, -0.25) is 9.97 Å². The van der Waals surface area contributed by atoms with Gasteiger partial charge in [0.15, 0.2) is 0 Å². The average Bonchev–Trinajstić information content (AvgIpc) is 3.51. The number of pyridine rings is 2. The molecule has 0 saturated heterocycles. The van der Waals surface area contributed by atoms with Crippen LogP contribution in [-0.2, 0) is 6.42 Å². The van der Waals surface area contributed by atoms with Crippen LogP contribution in [0.25, 0.3) is 76.3 Å². The molecule has 1 aliphatic rings. The van der Waals surface area contributed by atoms with E-state index in [0.29, 0.717) is 0 Å². The van der Waals surface area contributed by atoms with E-state index in [-0.39, 0.29) is 0 Å². The fraction of sp³-hybridized carbons (Fsp3) is 0.0303. The first kappa shape index (κ1) is 18.6. The molecule has 3 aromatic heterocycles. The molecule has 0 unspecified atom stereocenters. The molecule has 0 radical (unpaired) electrons. The lowest BCUT2D eigenvalue weighted by molar-refractivity contribution is 1.23. The second-order valence-corrected chi connectivity index (χ2v) is 9.90. The third-order valence-corrected chi connectivity index (χ3v) is 8.05. The van der Waals surface area contributed by atoms with E-state index in [1.807, 2.05) is 6.20 Å². The molecule has 3 heterocycles. The van der Waals surface area contributed by atoms with E-state index in [4.69, 9.17) is 9.97 Å². The monoisotopic (exact) mass is 457 g/mol. The molecule has 36 heavy (non-hydrogen) atoms. The van der Waals surface area contributed by atoms with Crippen LogP contribution in [0.3, 0.4) is 0 Å². The zero-order valence-corrected chi connectivity index (χ0v) is 19.3. The van der Waals surface area contributed by atoms with Crippen LogP contribution in [-0.4, -0.2) is 15.0 Å². The van der Waals surface area contributed by atoms with Crippen LogP contribution in [0.5, 0.6) is 0 Å². The van der Waals surface area contributed by atoms with Gasteiger partial charge in [-0.05, 0) is 49.9 Å². The van der Waals surface area contributed by atoms with Crippen LogP contribution in [0.1, 0.15) is 11.1 Å². The molecule has 0 aliphatic heterocycles. The van der Waals surface area contributed by atoms with Crippen molar-refractivity contribution >= 4 is 65.2 Å². The number of H-pyrrole nitrogens is 1. The van der Waals surface area contributed by atoms with E-state index in [1.54, 1.807) is 0 Å². The Hall–Kier alpha value is -4.76. The minimum atomic E-state index is 0.928.